The molecule has 4 nitrogen and oxygen atoms in total. The number of benzene rings is 1. The van der Waals surface area contributed by atoms with Crippen LogP contribution in [0, 0.1) is 12.8 Å². The molecule has 2 N–H and O–H groups in total. The first-order valence-electron chi connectivity index (χ1n) is 8.22. The standard InChI is InChI=1S/C18H26N2O2/c1-13-8-10-16(19-14(2)21)17(12-13)20-18(22)11-9-15-6-4-3-5-7-15/h8,10,12,15H,3-7,9,11H2,1-2H3,(H,19,21)(H,20,22). The molecular formula is C18H26N2O2. The molecule has 1 aliphatic rings. The molecule has 4 heteroatoms. The van der Waals surface area contributed by atoms with Gasteiger partial charge in [0.05, 0.1) is 11.4 Å². The Hall–Kier alpha value is -1.84. The van der Waals surface area contributed by atoms with Gasteiger partial charge in [0, 0.05) is 13.3 Å². The number of carbonyl (C=O) groups is 2. The number of aryl methyl sites for hydroxylation is 1. The van der Waals surface area contributed by atoms with E-state index in [4.69, 9.17) is 0 Å². The van der Waals surface area contributed by atoms with Crippen molar-refractivity contribution in [2.75, 3.05) is 10.6 Å². The Balaban J connectivity index is 1.92. The summed E-state index contributed by atoms with van der Waals surface area (Å²) in [7, 11) is 0. The van der Waals surface area contributed by atoms with Crippen molar-refractivity contribution in [2.24, 2.45) is 5.92 Å². The minimum Gasteiger partial charge on any atom is -0.325 e. The van der Waals surface area contributed by atoms with Crippen molar-refractivity contribution in [1.29, 1.82) is 0 Å². The third kappa shape index (κ3) is 5.17. The van der Waals surface area contributed by atoms with Crippen molar-refractivity contribution in [3.63, 3.8) is 0 Å². The van der Waals surface area contributed by atoms with Crippen molar-refractivity contribution in [3.8, 4) is 0 Å². The van der Waals surface area contributed by atoms with E-state index in [1.807, 2.05) is 25.1 Å². The predicted molar refractivity (Wildman–Crippen MR) is 89.9 cm³/mol. The van der Waals surface area contributed by atoms with Crippen LogP contribution < -0.4 is 10.6 Å². The highest BCUT2D eigenvalue weighted by Gasteiger charge is 2.15. The number of rotatable bonds is 5. The molecule has 0 unspecified atom stereocenters. The second kappa shape index (κ2) is 7.97. The Morgan fingerprint density at radius 2 is 1.82 bits per heavy atom. The summed E-state index contributed by atoms with van der Waals surface area (Å²) in [5, 5.41) is 5.70. The molecule has 0 aromatic heterocycles. The molecule has 0 saturated heterocycles. The lowest BCUT2D eigenvalue weighted by molar-refractivity contribution is -0.116. The monoisotopic (exact) mass is 302 g/mol. The number of amides is 2. The number of carbonyl (C=O) groups excluding carboxylic acids is 2. The lowest BCUT2D eigenvalue weighted by Gasteiger charge is -2.21. The maximum Gasteiger partial charge on any atom is 0.224 e. The van der Waals surface area contributed by atoms with Crippen molar-refractivity contribution in [3.05, 3.63) is 23.8 Å². The second-order valence-electron chi connectivity index (χ2n) is 6.32. The van der Waals surface area contributed by atoms with E-state index in [2.05, 4.69) is 10.6 Å². The molecular weight excluding hydrogens is 276 g/mol. The average Bonchev–Trinajstić information content (AvgIpc) is 2.49. The van der Waals surface area contributed by atoms with Gasteiger partial charge < -0.3 is 10.6 Å². The molecule has 0 spiro atoms. The van der Waals surface area contributed by atoms with E-state index in [0.29, 0.717) is 23.7 Å². The summed E-state index contributed by atoms with van der Waals surface area (Å²) in [6, 6.07) is 5.64. The summed E-state index contributed by atoms with van der Waals surface area (Å²) in [5.41, 5.74) is 2.39. The molecule has 0 aliphatic heterocycles. The van der Waals surface area contributed by atoms with Crippen molar-refractivity contribution in [1.82, 2.24) is 0 Å². The summed E-state index contributed by atoms with van der Waals surface area (Å²) in [4.78, 5) is 23.4. The highest BCUT2D eigenvalue weighted by Crippen LogP contribution is 2.28. The predicted octanol–water partition coefficient (Wildman–Crippen LogP) is 4.25. The van der Waals surface area contributed by atoms with Gasteiger partial charge in [-0.2, -0.15) is 0 Å². The van der Waals surface area contributed by atoms with E-state index < -0.39 is 0 Å². The van der Waals surface area contributed by atoms with Crippen LogP contribution in [0.25, 0.3) is 0 Å². The van der Waals surface area contributed by atoms with Crippen LogP contribution in [0.5, 0.6) is 0 Å². The molecule has 22 heavy (non-hydrogen) atoms. The van der Waals surface area contributed by atoms with Gasteiger partial charge in [0.15, 0.2) is 0 Å². The van der Waals surface area contributed by atoms with Crippen LogP contribution in [0.3, 0.4) is 0 Å². The summed E-state index contributed by atoms with van der Waals surface area (Å²) in [5.74, 6) is 0.594. The molecule has 0 bridgehead atoms. The smallest absolute Gasteiger partial charge is 0.224 e. The summed E-state index contributed by atoms with van der Waals surface area (Å²) >= 11 is 0. The fourth-order valence-electron chi connectivity index (χ4n) is 3.08. The van der Waals surface area contributed by atoms with Crippen LogP contribution in [0.4, 0.5) is 11.4 Å². The van der Waals surface area contributed by atoms with Crippen molar-refractivity contribution in [2.45, 2.75) is 58.8 Å². The van der Waals surface area contributed by atoms with Crippen LogP contribution >= 0.6 is 0 Å². The quantitative estimate of drug-likeness (QED) is 0.854. The molecule has 1 saturated carbocycles. The number of hydrogen-bond acceptors (Lipinski definition) is 2. The molecule has 2 amide bonds. The van der Waals surface area contributed by atoms with Crippen LogP contribution in [-0.2, 0) is 9.59 Å². The van der Waals surface area contributed by atoms with Crippen molar-refractivity contribution >= 4 is 23.2 Å². The van der Waals surface area contributed by atoms with Crippen LogP contribution in [0.2, 0.25) is 0 Å². The Morgan fingerprint density at radius 3 is 2.50 bits per heavy atom. The van der Waals surface area contributed by atoms with Gasteiger partial charge in [-0.1, -0.05) is 38.2 Å². The topological polar surface area (TPSA) is 58.2 Å². The largest absolute Gasteiger partial charge is 0.325 e. The van der Waals surface area contributed by atoms with Gasteiger partial charge in [-0.15, -0.1) is 0 Å². The highest BCUT2D eigenvalue weighted by atomic mass is 16.2. The van der Waals surface area contributed by atoms with Crippen LogP contribution in [0.15, 0.2) is 18.2 Å². The zero-order valence-electron chi connectivity index (χ0n) is 13.6. The van der Waals surface area contributed by atoms with Gasteiger partial charge in [0.25, 0.3) is 0 Å². The maximum absolute atomic E-state index is 12.2. The minimum atomic E-state index is -0.137. The summed E-state index contributed by atoms with van der Waals surface area (Å²) in [6.45, 7) is 3.43. The third-order valence-electron chi connectivity index (χ3n) is 4.26. The Kier molecular flexibility index (Phi) is 5.99. The lowest BCUT2D eigenvalue weighted by Crippen LogP contribution is -2.17. The molecule has 1 aliphatic carbocycles. The first-order valence-corrected chi connectivity index (χ1v) is 8.22. The van der Waals surface area contributed by atoms with Gasteiger partial charge in [-0.25, -0.2) is 0 Å². The zero-order chi connectivity index (χ0) is 15.9. The first-order chi connectivity index (χ1) is 10.5. The minimum absolute atomic E-state index is 0.0303. The molecule has 0 atom stereocenters. The second-order valence-corrected chi connectivity index (χ2v) is 6.32. The van der Waals surface area contributed by atoms with E-state index in [1.54, 1.807) is 0 Å². The molecule has 0 heterocycles. The van der Waals surface area contributed by atoms with Gasteiger partial charge in [0.2, 0.25) is 11.8 Å². The van der Waals surface area contributed by atoms with Crippen LogP contribution in [-0.4, -0.2) is 11.8 Å². The fourth-order valence-corrected chi connectivity index (χ4v) is 3.08. The lowest BCUT2D eigenvalue weighted by atomic mass is 9.86. The third-order valence-corrected chi connectivity index (χ3v) is 4.26. The number of nitrogens with one attached hydrogen (secondary N) is 2. The van der Waals surface area contributed by atoms with E-state index in [-0.39, 0.29) is 11.8 Å². The molecule has 120 valence electrons. The molecule has 0 radical (unpaired) electrons. The van der Waals surface area contributed by atoms with Gasteiger partial charge >= 0.3 is 0 Å². The van der Waals surface area contributed by atoms with E-state index in [1.165, 1.54) is 39.0 Å². The molecule has 1 aromatic carbocycles. The number of anilines is 2. The van der Waals surface area contributed by atoms with Gasteiger partial charge in [-0.3, -0.25) is 9.59 Å². The fraction of sp³-hybridized carbons (Fsp3) is 0.556. The Bertz CT molecular complexity index is 534. The van der Waals surface area contributed by atoms with Crippen LogP contribution in [0.1, 0.15) is 57.4 Å². The average molecular weight is 302 g/mol. The molecule has 2 rings (SSSR count). The first kappa shape index (κ1) is 16.5. The Labute approximate surface area is 132 Å². The van der Waals surface area contributed by atoms with E-state index in [9.17, 15) is 9.59 Å². The molecule has 1 aromatic rings. The summed E-state index contributed by atoms with van der Waals surface area (Å²) in [6.07, 6.45) is 7.98. The normalized spacial score (nSPS) is 15.4. The van der Waals surface area contributed by atoms with E-state index >= 15 is 0 Å². The van der Waals surface area contributed by atoms with E-state index in [0.717, 1.165) is 12.0 Å². The Morgan fingerprint density at radius 1 is 1.09 bits per heavy atom. The number of hydrogen-bond donors (Lipinski definition) is 2. The van der Waals surface area contributed by atoms with Gasteiger partial charge in [-0.05, 0) is 37.0 Å². The molecule has 1 fully saturated rings. The maximum atomic E-state index is 12.2. The highest BCUT2D eigenvalue weighted by molar-refractivity contribution is 5.98. The SMILES string of the molecule is CC(=O)Nc1ccc(C)cc1NC(=O)CCC1CCCCC1. The van der Waals surface area contributed by atoms with Crippen molar-refractivity contribution < 1.29 is 9.59 Å². The summed E-state index contributed by atoms with van der Waals surface area (Å²) < 4.78 is 0. The zero-order valence-corrected chi connectivity index (χ0v) is 13.6. The van der Waals surface area contributed by atoms with Gasteiger partial charge in [0.1, 0.15) is 0 Å².